The predicted octanol–water partition coefficient (Wildman–Crippen LogP) is 3.32. The highest BCUT2D eigenvalue weighted by Crippen LogP contribution is 2.25. The second kappa shape index (κ2) is 5.72. The molecule has 0 radical (unpaired) electrons. The summed E-state index contributed by atoms with van der Waals surface area (Å²) >= 11 is 0. The van der Waals surface area contributed by atoms with Crippen LogP contribution in [-0.4, -0.2) is 35.8 Å². The molecule has 1 saturated heterocycles. The minimum Gasteiger partial charge on any atom is -0.338 e. The lowest BCUT2D eigenvalue weighted by Gasteiger charge is -2.15. The van der Waals surface area contributed by atoms with E-state index in [-0.39, 0.29) is 0 Å². The predicted molar refractivity (Wildman–Crippen MR) is 94.3 cm³/mol. The fourth-order valence-corrected chi connectivity index (χ4v) is 4.64. The number of aromatic nitrogens is 2. The molecule has 1 aromatic heterocycles. The highest BCUT2D eigenvalue weighted by Gasteiger charge is 2.26. The Hall–Kier alpha value is -2.18. The summed E-state index contributed by atoms with van der Waals surface area (Å²) in [5, 5.41) is 0. The molecule has 24 heavy (non-hydrogen) atoms. The highest BCUT2D eigenvalue weighted by molar-refractivity contribution is 7.89. The molecular weight excluding hydrogens is 322 g/mol. The van der Waals surface area contributed by atoms with Gasteiger partial charge in [0, 0.05) is 18.7 Å². The molecule has 1 aliphatic heterocycles. The Labute approximate surface area is 141 Å². The van der Waals surface area contributed by atoms with E-state index in [0.717, 1.165) is 35.3 Å². The summed E-state index contributed by atoms with van der Waals surface area (Å²) in [7, 11) is -3.37. The average molecular weight is 341 g/mol. The standard InChI is InChI=1S/C18H19N3O2S/c1-13-4-9-16-17(12-13)20-18(19-16)14-5-7-15(8-6-14)24(22,23)21-10-2-3-11-21/h4-9,12H,2-3,10-11H2,1H3,(H,19,20). The van der Waals surface area contributed by atoms with Gasteiger partial charge in [-0.25, -0.2) is 13.4 Å². The molecule has 0 aliphatic carbocycles. The number of nitrogens with zero attached hydrogens (tertiary/aromatic N) is 2. The average Bonchev–Trinajstić information content (AvgIpc) is 3.24. The van der Waals surface area contributed by atoms with Crippen molar-refractivity contribution < 1.29 is 8.42 Å². The maximum atomic E-state index is 12.6. The first-order chi connectivity index (χ1) is 11.5. The number of aromatic amines is 1. The van der Waals surface area contributed by atoms with Crippen LogP contribution >= 0.6 is 0 Å². The van der Waals surface area contributed by atoms with Gasteiger partial charge >= 0.3 is 0 Å². The zero-order valence-electron chi connectivity index (χ0n) is 13.5. The molecule has 6 heteroatoms. The molecule has 0 spiro atoms. The molecule has 2 aromatic carbocycles. The maximum Gasteiger partial charge on any atom is 0.243 e. The van der Waals surface area contributed by atoms with Crippen LogP contribution in [0.25, 0.3) is 22.4 Å². The first-order valence-electron chi connectivity index (χ1n) is 8.11. The van der Waals surface area contributed by atoms with E-state index in [4.69, 9.17) is 0 Å². The van der Waals surface area contributed by atoms with Gasteiger partial charge in [0.2, 0.25) is 10.0 Å². The lowest BCUT2D eigenvalue weighted by atomic mass is 10.2. The van der Waals surface area contributed by atoms with Crippen LogP contribution in [0.5, 0.6) is 0 Å². The molecule has 124 valence electrons. The van der Waals surface area contributed by atoms with E-state index in [9.17, 15) is 8.42 Å². The minimum absolute atomic E-state index is 0.347. The van der Waals surface area contributed by atoms with Crippen molar-refractivity contribution in [2.24, 2.45) is 0 Å². The summed E-state index contributed by atoms with van der Waals surface area (Å²) in [4.78, 5) is 8.22. The van der Waals surface area contributed by atoms with Crippen LogP contribution < -0.4 is 0 Å². The van der Waals surface area contributed by atoms with E-state index in [1.54, 1.807) is 16.4 Å². The van der Waals surface area contributed by atoms with E-state index in [1.807, 2.05) is 31.2 Å². The summed E-state index contributed by atoms with van der Waals surface area (Å²) in [6.07, 6.45) is 1.88. The van der Waals surface area contributed by atoms with Gasteiger partial charge in [0.15, 0.2) is 0 Å². The summed E-state index contributed by atoms with van der Waals surface area (Å²) in [6.45, 7) is 3.28. The van der Waals surface area contributed by atoms with E-state index < -0.39 is 10.0 Å². The number of imidazole rings is 1. The zero-order valence-corrected chi connectivity index (χ0v) is 14.3. The summed E-state index contributed by atoms with van der Waals surface area (Å²) in [5.74, 6) is 0.751. The first-order valence-corrected chi connectivity index (χ1v) is 9.55. The Morgan fingerprint density at radius 1 is 1.04 bits per heavy atom. The van der Waals surface area contributed by atoms with Gasteiger partial charge in [-0.2, -0.15) is 4.31 Å². The van der Waals surface area contributed by atoms with Crippen LogP contribution in [-0.2, 0) is 10.0 Å². The number of nitrogens with one attached hydrogen (secondary N) is 1. The smallest absolute Gasteiger partial charge is 0.243 e. The van der Waals surface area contributed by atoms with Crippen molar-refractivity contribution in [3.05, 3.63) is 48.0 Å². The minimum atomic E-state index is -3.37. The second-order valence-corrected chi connectivity index (χ2v) is 8.18. The van der Waals surface area contributed by atoms with Crippen LogP contribution in [0.15, 0.2) is 47.4 Å². The van der Waals surface area contributed by atoms with Crippen LogP contribution in [0.3, 0.4) is 0 Å². The molecule has 0 unspecified atom stereocenters. The molecule has 0 saturated carbocycles. The van der Waals surface area contributed by atoms with Crippen LogP contribution in [0.1, 0.15) is 18.4 Å². The highest BCUT2D eigenvalue weighted by atomic mass is 32.2. The molecule has 1 N–H and O–H groups in total. The van der Waals surface area contributed by atoms with Crippen molar-refractivity contribution in [2.45, 2.75) is 24.7 Å². The Kier molecular flexibility index (Phi) is 3.66. The second-order valence-electron chi connectivity index (χ2n) is 6.24. The quantitative estimate of drug-likeness (QED) is 0.795. The van der Waals surface area contributed by atoms with Gasteiger partial charge in [-0.05, 0) is 61.7 Å². The van der Waals surface area contributed by atoms with Gasteiger partial charge in [-0.15, -0.1) is 0 Å². The van der Waals surface area contributed by atoms with E-state index in [2.05, 4.69) is 16.0 Å². The fraction of sp³-hybridized carbons (Fsp3) is 0.278. The Morgan fingerprint density at radius 3 is 2.46 bits per heavy atom. The van der Waals surface area contributed by atoms with Crippen molar-refractivity contribution >= 4 is 21.1 Å². The molecule has 0 bridgehead atoms. The Bertz CT molecular complexity index is 985. The number of aryl methyl sites for hydroxylation is 1. The molecule has 5 nitrogen and oxygen atoms in total. The normalized spacial score (nSPS) is 16.0. The van der Waals surface area contributed by atoms with Crippen molar-refractivity contribution in [1.82, 2.24) is 14.3 Å². The third kappa shape index (κ3) is 2.61. The van der Waals surface area contributed by atoms with Gasteiger partial charge in [0.1, 0.15) is 5.82 Å². The van der Waals surface area contributed by atoms with E-state index in [1.165, 1.54) is 5.56 Å². The van der Waals surface area contributed by atoms with Crippen molar-refractivity contribution in [2.75, 3.05) is 13.1 Å². The topological polar surface area (TPSA) is 66.1 Å². The molecule has 2 heterocycles. The molecule has 0 atom stereocenters. The Morgan fingerprint density at radius 2 is 1.75 bits per heavy atom. The van der Waals surface area contributed by atoms with Crippen molar-refractivity contribution in [1.29, 1.82) is 0 Å². The monoisotopic (exact) mass is 341 g/mol. The summed E-state index contributed by atoms with van der Waals surface area (Å²) in [5.41, 5.74) is 3.94. The van der Waals surface area contributed by atoms with E-state index in [0.29, 0.717) is 18.0 Å². The Balaban J connectivity index is 1.67. The molecule has 4 rings (SSSR count). The maximum absolute atomic E-state index is 12.6. The number of hydrogen-bond donors (Lipinski definition) is 1. The number of sulfonamides is 1. The molecule has 1 fully saturated rings. The van der Waals surface area contributed by atoms with Gasteiger partial charge in [0.25, 0.3) is 0 Å². The van der Waals surface area contributed by atoms with Crippen molar-refractivity contribution in [3.63, 3.8) is 0 Å². The van der Waals surface area contributed by atoms with Gasteiger partial charge in [0.05, 0.1) is 15.9 Å². The number of H-pyrrole nitrogens is 1. The molecule has 3 aromatic rings. The summed E-state index contributed by atoms with van der Waals surface area (Å²) < 4.78 is 26.7. The molecule has 0 amide bonds. The van der Waals surface area contributed by atoms with E-state index >= 15 is 0 Å². The lowest BCUT2D eigenvalue weighted by Crippen LogP contribution is -2.27. The number of benzene rings is 2. The third-order valence-electron chi connectivity index (χ3n) is 4.47. The molecule has 1 aliphatic rings. The zero-order chi connectivity index (χ0) is 16.7. The first kappa shape index (κ1) is 15.4. The number of hydrogen-bond acceptors (Lipinski definition) is 3. The lowest BCUT2D eigenvalue weighted by molar-refractivity contribution is 0.477. The van der Waals surface area contributed by atoms with Crippen molar-refractivity contribution in [3.8, 4) is 11.4 Å². The SMILES string of the molecule is Cc1ccc2nc(-c3ccc(S(=O)(=O)N4CCCC4)cc3)[nH]c2c1. The number of fused-ring (bicyclic) bond motifs is 1. The van der Waals surface area contributed by atoms with Crippen LogP contribution in [0, 0.1) is 6.92 Å². The van der Waals surface area contributed by atoms with Gasteiger partial charge in [-0.1, -0.05) is 6.07 Å². The third-order valence-corrected chi connectivity index (χ3v) is 6.38. The van der Waals surface area contributed by atoms with Crippen LogP contribution in [0.4, 0.5) is 0 Å². The fourth-order valence-electron chi connectivity index (χ4n) is 3.12. The van der Waals surface area contributed by atoms with Gasteiger partial charge in [-0.3, -0.25) is 0 Å². The largest absolute Gasteiger partial charge is 0.338 e. The number of rotatable bonds is 3. The van der Waals surface area contributed by atoms with Crippen LogP contribution in [0.2, 0.25) is 0 Å². The molecular formula is C18H19N3O2S. The van der Waals surface area contributed by atoms with Gasteiger partial charge < -0.3 is 4.98 Å². The summed E-state index contributed by atoms with van der Waals surface area (Å²) in [6, 6.07) is 13.0.